The molecule has 3 heterocycles. The molecule has 310 valence electrons. The maximum Gasteiger partial charge on any atom is 0.433 e. The molecule has 7 aromatic rings. The number of benzene rings is 4. The van der Waals surface area contributed by atoms with E-state index in [0.29, 0.717) is 23.4 Å². The van der Waals surface area contributed by atoms with E-state index in [0.717, 1.165) is 33.5 Å². The molecular weight excluding hydrogens is 839 g/mol. The van der Waals surface area contributed by atoms with Crippen molar-refractivity contribution in [1.82, 2.24) is 29.3 Å². The molecule has 0 aliphatic heterocycles. The van der Waals surface area contributed by atoms with Gasteiger partial charge in [0.25, 0.3) is 5.56 Å². The van der Waals surface area contributed by atoms with Crippen LogP contribution in [0, 0.1) is 11.6 Å². The summed E-state index contributed by atoms with van der Waals surface area (Å²) < 4.78 is 110. The molecule has 0 aliphatic rings. The van der Waals surface area contributed by atoms with Gasteiger partial charge in [-0.05, 0) is 65.7 Å². The van der Waals surface area contributed by atoms with Crippen LogP contribution < -0.4 is 20.3 Å². The number of hydrogen-bond acceptors (Lipinski definition) is 10. The first-order valence-corrected chi connectivity index (χ1v) is 19.7. The summed E-state index contributed by atoms with van der Waals surface area (Å²) in [7, 11) is -1.13. The van der Waals surface area contributed by atoms with Crippen LogP contribution >= 0.6 is 11.6 Å². The minimum absolute atomic E-state index is 0.0169. The van der Waals surface area contributed by atoms with Gasteiger partial charge >= 0.3 is 12.3 Å². The lowest BCUT2D eigenvalue weighted by molar-refractivity contribution is -0.141. The second-order valence-electron chi connectivity index (χ2n) is 13.4. The highest BCUT2D eigenvalue weighted by atomic mass is 35.5. The van der Waals surface area contributed by atoms with Crippen molar-refractivity contribution < 1.29 is 44.6 Å². The van der Waals surface area contributed by atoms with Crippen LogP contribution in [-0.4, -0.2) is 57.2 Å². The number of rotatable bonds is 11. The molecule has 0 bridgehead atoms. The van der Waals surface area contributed by atoms with Crippen molar-refractivity contribution in [3.8, 4) is 22.8 Å². The Hall–Kier alpha value is -6.67. The minimum Gasteiger partial charge on any atom is -0.497 e. The number of hydrogen-bond donors (Lipinski definition) is 1. The van der Waals surface area contributed by atoms with Gasteiger partial charge in [-0.25, -0.2) is 41.3 Å². The molecule has 2 N–H and O–H groups in total. The lowest BCUT2D eigenvalue weighted by Gasteiger charge is -2.23. The lowest BCUT2D eigenvalue weighted by atomic mass is 10.1. The standard InChI is InChI=1S/C39H30ClF5N8O6S/c1-51-33-29(11-10-27(40)32(33)36(50-51)52(60(3,56)57)19-20-4-7-25(58-2)8-5-20)53-35(30(59-38(46)55)16-21-14-23(41)18-24(42)15-21)48-28-17-22(6-9-26(28)37(53)54)34-47-13-12-31(49-34)39(43,44)45/h4-15,17-18,30H,16,19H2,1-3H3,(H2,46,55)/t30-/m0/s1. The Morgan fingerprint density at radius 2 is 1.67 bits per heavy atom. The van der Waals surface area contributed by atoms with Gasteiger partial charge in [0.15, 0.2) is 23.6 Å². The molecule has 3 aromatic heterocycles. The fourth-order valence-corrected chi connectivity index (χ4v) is 7.72. The smallest absolute Gasteiger partial charge is 0.433 e. The quantitative estimate of drug-likeness (QED) is 0.133. The predicted octanol–water partition coefficient (Wildman–Crippen LogP) is 7.03. The summed E-state index contributed by atoms with van der Waals surface area (Å²) in [6.07, 6.45) is -6.43. The molecule has 0 radical (unpaired) electrons. The number of aryl methyl sites for hydroxylation is 1. The third-order valence-electron chi connectivity index (χ3n) is 9.25. The molecule has 0 unspecified atom stereocenters. The zero-order valence-electron chi connectivity index (χ0n) is 31.4. The molecule has 14 nitrogen and oxygen atoms in total. The monoisotopic (exact) mass is 868 g/mol. The maximum atomic E-state index is 14.8. The van der Waals surface area contributed by atoms with Gasteiger partial charge in [-0.1, -0.05) is 29.8 Å². The van der Waals surface area contributed by atoms with Crippen molar-refractivity contribution in [2.24, 2.45) is 12.8 Å². The maximum absolute atomic E-state index is 14.8. The second kappa shape index (κ2) is 15.8. The van der Waals surface area contributed by atoms with E-state index in [1.165, 1.54) is 49.2 Å². The molecular formula is C39H30ClF5N8O6S. The summed E-state index contributed by atoms with van der Waals surface area (Å²) in [5, 5.41) is 4.53. The van der Waals surface area contributed by atoms with E-state index in [-0.39, 0.29) is 67.7 Å². The van der Waals surface area contributed by atoms with Gasteiger partial charge in [0, 0.05) is 31.3 Å². The van der Waals surface area contributed by atoms with Crippen molar-refractivity contribution in [3.05, 3.63) is 135 Å². The van der Waals surface area contributed by atoms with E-state index in [1.807, 2.05) is 0 Å². The van der Waals surface area contributed by atoms with Crippen LogP contribution in [0.1, 0.15) is 28.7 Å². The number of anilines is 1. The normalized spacial score (nSPS) is 12.5. The molecule has 0 aliphatic carbocycles. The number of aromatic nitrogens is 6. The zero-order chi connectivity index (χ0) is 43.3. The van der Waals surface area contributed by atoms with Crippen LogP contribution in [0.15, 0.2) is 89.9 Å². The average molecular weight is 869 g/mol. The van der Waals surface area contributed by atoms with Crippen molar-refractivity contribution in [3.63, 3.8) is 0 Å². The number of nitrogens with zero attached hydrogens (tertiary/aromatic N) is 7. The van der Waals surface area contributed by atoms with Gasteiger partial charge in [-0.2, -0.15) is 18.3 Å². The highest BCUT2D eigenvalue weighted by molar-refractivity contribution is 7.92. The predicted molar refractivity (Wildman–Crippen MR) is 210 cm³/mol. The van der Waals surface area contributed by atoms with E-state index >= 15 is 0 Å². The summed E-state index contributed by atoms with van der Waals surface area (Å²) in [6.45, 7) is -0.200. The van der Waals surface area contributed by atoms with Gasteiger partial charge in [0.2, 0.25) is 10.0 Å². The summed E-state index contributed by atoms with van der Waals surface area (Å²) in [6, 6.07) is 16.4. The number of amides is 1. The third kappa shape index (κ3) is 8.28. The summed E-state index contributed by atoms with van der Waals surface area (Å²) in [5.74, 6) is -2.25. The molecule has 0 fully saturated rings. The number of alkyl halides is 3. The molecule has 0 saturated heterocycles. The molecule has 21 heteroatoms. The first-order chi connectivity index (χ1) is 28.3. The van der Waals surface area contributed by atoms with Gasteiger partial charge in [0.05, 0.1) is 52.4 Å². The van der Waals surface area contributed by atoms with E-state index in [1.54, 1.807) is 24.3 Å². The Balaban J connectivity index is 1.50. The van der Waals surface area contributed by atoms with E-state index in [9.17, 15) is 40.0 Å². The highest BCUT2D eigenvalue weighted by Gasteiger charge is 2.34. The lowest BCUT2D eigenvalue weighted by Crippen LogP contribution is -2.30. The van der Waals surface area contributed by atoms with Gasteiger partial charge in [-0.3, -0.25) is 14.0 Å². The average Bonchev–Trinajstić information content (AvgIpc) is 3.53. The number of nitrogens with two attached hydrogens (primary N) is 1. The molecule has 0 saturated carbocycles. The summed E-state index contributed by atoms with van der Waals surface area (Å²) >= 11 is 6.80. The van der Waals surface area contributed by atoms with E-state index in [4.69, 9.17) is 26.8 Å². The number of carbonyl (C=O) groups is 1. The summed E-state index contributed by atoms with van der Waals surface area (Å²) in [5.41, 5.74) is 3.90. The third-order valence-corrected chi connectivity index (χ3v) is 10.7. The number of fused-ring (bicyclic) bond motifs is 2. The first kappa shape index (κ1) is 41.5. The molecule has 60 heavy (non-hydrogen) atoms. The molecule has 4 aromatic carbocycles. The highest BCUT2D eigenvalue weighted by Crippen LogP contribution is 2.39. The molecule has 7 rings (SSSR count). The van der Waals surface area contributed by atoms with Crippen molar-refractivity contribution in [2.45, 2.75) is 25.2 Å². The SMILES string of the molecule is COc1ccc(CN(c2nn(C)c3c(-n4c([C@H](Cc5cc(F)cc(F)c5)OC(N)=O)nc5cc(-c6nccc(C(F)(F)F)n6)ccc5c4=O)ccc(Cl)c23)S(C)(=O)=O)cc1. The summed E-state index contributed by atoms with van der Waals surface area (Å²) in [4.78, 5) is 39.5. The Labute approximate surface area is 341 Å². The van der Waals surface area contributed by atoms with Crippen LogP contribution in [0.2, 0.25) is 5.02 Å². The first-order valence-electron chi connectivity index (χ1n) is 17.5. The molecule has 1 amide bonds. The number of methoxy groups -OCH3 is 1. The topological polar surface area (TPSA) is 177 Å². The van der Waals surface area contributed by atoms with E-state index < -0.39 is 57.7 Å². The second-order valence-corrected chi connectivity index (χ2v) is 15.7. The zero-order valence-corrected chi connectivity index (χ0v) is 33.0. The van der Waals surface area contributed by atoms with Crippen molar-refractivity contribution >= 4 is 55.3 Å². The van der Waals surface area contributed by atoms with E-state index in [2.05, 4.69) is 20.1 Å². The Bertz CT molecular complexity index is 2980. The van der Waals surface area contributed by atoms with Crippen LogP contribution in [0.5, 0.6) is 5.75 Å². The van der Waals surface area contributed by atoms with Gasteiger partial charge < -0.3 is 15.2 Å². The Kier molecular flexibility index (Phi) is 10.9. The number of halogens is 6. The molecule has 1 atom stereocenters. The van der Waals surface area contributed by atoms with Crippen LogP contribution in [0.3, 0.4) is 0 Å². The number of ether oxygens (including phenoxy) is 2. The molecule has 0 spiro atoms. The van der Waals surface area contributed by atoms with Gasteiger partial charge in [0.1, 0.15) is 23.1 Å². The number of sulfonamides is 1. The van der Waals surface area contributed by atoms with Crippen molar-refractivity contribution in [2.75, 3.05) is 17.7 Å². The van der Waals surface area contributed by atoms with Crippen molar-refractivity contribution in [1.29, 1.82) is 0 Å². The van der Waals surface area contributed by atoms with Crippen LogP contribution in [0.4, 0.5) is 32.6 Å². The Morgan fingerprint density at radius 3 is 2.30 bits per heavy atom. The fourth-order valence-electron chi connectivity index (χ4n) is 6.65. The fraction of sp³-hybridized carbons (Fsp3) is 0.179. The van der Waals surface area contributed by atoms with Crippen LogP contribution in [0.25, 0.3) is 38.9 Å². The van der Waals surface area contributed by atoms with Gasteiger partial charge in [-0.15, -0.1) is 0 Å². The Morgan fingerprint density at radius 1 is 0.967 bits per heavy atom. The largest absolute Gasteiger partial charge is 0.497 e. The number of carbonyl (C=O) groups excluding carboxylic acids is 1. The number of primary amides is 1. The minimum atomic E-state index is -4.80. The van der Waals surface area contributed by atoms with Crippen LogP contribution in [-0.2, 0) is 40.9 Å².